The van der Waals surface area contributed by atoms with E-state index in [1.807, 2.05) is 12.1 Å². The number of carbonyl (C=O) groups excluding carboxylic acids is 2. The second-order valence-electron chi connectivity index (χ2n) is 6.97. The molecule has 1 fully saturated rings. The number of amides is 1. The molecule has 2 aliphatic rings. The van der Waals surface area contributed by atoms with Crippen molar-refractivity contribution in [2.45, 2.75) is 25.2 Å². The van der Waals surface area contributed by atoms with Crippen molar-refractivity contribution in [2.24, 2.45) is 5.92 Å². The summed E-state index contributed by atoms with van der Waals surface area (Å²) in [6.07, 6.45) is 1.29. The number of rotatable bonds is 5. The quantitative estimate of drug-likeness (QED) is 0.899. The number of nitrogens with one attached hydrogen (secondary N) is 1. The summed E-state index contributed by atoms with van der Waals surface area (Å²) in [6.45, 7) is 1.24. The summed E-state index contributed by atoms with van der Waals surface area (Å²) in [4.78, 5) is 24.8. The maximum Gasteiger partial charge on any atom is 0.224 e. The molecule has 5 heteroatoms. The van der Waals surface area contributed by atoms with Crippen LogP contribution in [-0.2, 0) is 22.4 Å². The lowest BCUT2D eigenvalue weighted by Crippen LogP contribution is -2.23. The second kappa shape index (κ2) is 6.90. The lowest BCUT2D eigenvalue weighted by molar-refractivity contribution is -0.127. The van der Waals surface area contributed by atoms with Crippen molar-refractivity contribution in [3.05, 3.63) is 65.0 Å². The molecular weight excluding hydrogens is 333 g/mol. The SMILES string of the molecule is O=C(Cc1ccc(F)cc1)C[C@@H]1C(=O)NC[C@H]1c1ccc2c(c1)CCO2. The minimum atomic E-state index is -0.358. The molecule has 134 valence electrons. The highest BCUT2D eigenvalue weighted by atomic mass is 19.1. The van der Waals surface area contributed by atoms with Crippen molar-refractivity contribution in [1.82, 2.24) is 5.32 Å². The van der Waals surface area contributed by atoms with Gasteiger partial charge in [-0.3, -0.25) is 9.59 Å². The zero-order valence-corrected chi connectivity index (χ0v) is 14.3. The molecule has 2 aliphatic heterocycles. The Morgan fingerprint density at radius 3 is 2.81 bits per heavy atom. The van der Waals surface area contributed by atoms with Crippen molar-refractivity contribution in [3.63, 3.8) is 0 Å². The van der Waals surface area contributed by atoms with Crippen LogP contribution in [0, 0.1) is 11.7 Å². The van der Waals surface area contributed by atoms with Gasteiger partial charge >= 0.3 is 0 Å². The first kappa shape index (κ1) is 16.8. The summed E-state index contributed by atoms with van der Waals surface area (Å²) in [5.41, 5.74) is 3.01. The number of benzene rings is 2. The van der Waals surface area contributed by atoms with Gasteiger partial charge in [0.2, 0.25) is 5.91 Å². The first-order chi connectivity index (χ1) is 12.6. The van der Waals surface area contributed by atoms with Gasteiger partial charge in [-0.2, -0.15) is 0 Å². The molecule has 1 N–H and O–H groups in total. The first-order valence-electron chi connectivity index (χ1n) is 8.89. The van der Waals surface area contributed by atoms with E-state index >= 15 is 0 Å². The largest absolute Gasteiger partial charge is 0.493 e. The molecule has 1 saturated heterocycles. The normalized spacial score (nSPS) is 21.2. The zero-order chi connectivity index (χ0) is 18.1. The molecule has 4 rings (SSSR count). The Balaban J connectivity index is 1.47. The molecule has 2 aromatic rings. The summed E-state index contributed by atoms with van der Waals surface area (Å²) >= 11 is 0. The Morgan fingerprint density at radius 2 is 2.00 bits per heavy atom. The van der Waals surface area contributed by atoms with E-state index < -0.39 is 0 Å². The van der Waals surface area contributed by atoms with E-state index in [-0.39, 0.29) is 42.2 Å². The molecule has 0 spiro atoms. The van der Waals surface area contributed by atoms with E-state index in [0.717, 1.165) is 23.3 Å². The third-order valence-electron chi connectivity index (χ3n) is 5.22. The van der Waals surface area contributed by atoms with Crippen LogP contribution in [0.3, 0.4) is 0 Å². The number of ketones is 1. The maximum atomic E-state index is 13.0. The zero-order valence-electron chi connectivity index (χ0n) is 14.3. The minimum Gasteiger partial charge on any atom is -0.493 e. The molecule has 0 aromatic heterocycles. The van der Waals surface area contributed by atoms with Crippen LogP contribution in [0.2, 0.25) is 0 Å². The number of hydrogen-bond acceptors (Lipinski definition) is 3. The third kappa shape index (κ3) is 3.34. The Kier molecular flexibility index (Phi) is 4.45. The Hall–Kier alpha value is -2.69. The van der Waals surface area contributed by atoms with E-state index in [1.165, 1.54) is 17.7 Å². The Bertz CT molecular complexity index is 847. The fourth-order valence-electron chi connectivity index (χ4n) is 3.84. The highest BCUT2D eigenvalue weighted by molar-refractivity contribution is 5.90. The first-order valence-corrected chi connectivity index (χ1v) is 8.89. The van der Waals surface area contributed by atoms with Gasteiger partial charge in [-0.05, 0) is 34.9 Å². The Labute approximate surface area is 151 Å². The van der Waals surface area contributed by atoms with E-state index in [9.17, 15) is 14.0 Å². The molecule has 0 unspecified atom stereocenters. The van der Waals surface area contributed by atoms with Gasteiger partial charge in [-0.25, -0.2) is 4.39 Å². The van der Waals surface area contributed by atoms with Crippen molar-refractivity contribution in [1.29, 1.82) is 0 Å². The van der Waals surface area contributed by atoms with Crippen molar-refractivity contribution < 1.29 is 18.7 Å². The number of Topliss-reactive ketones (excluding diaryl/α,β-unsaturated/α-hetero) is 1. The van der Waals surface area contributed by atoms with Crippen LogP contribution in [0.4, 0.5) is 4.39 Å². The van der Waals surface area contributed by atoms with Crippen LogP contribution in [0.25, 0.3) is 0 Å². The van der Waals surface area contributed by atoms with Crippen LogP contribution in [0.1, 0.15) is 29.0 Å². The summed E-state index contributed by atoms with van der Waals surface area (Å²) < 4.78 is 18.5. The van der Waals surface area contributed by atoms with Gasteiger partial charge in [0.15, 0.2) is 0 Å². The maximum absolute atomic E-state index is 13.0. The Morgan fingerprint density at radius 1 is 1.19 bits per heavy atom. The summed E-state index contributed by atoms with van der Waals surface area (Å²) in [6, 6.07) is 12.0. The number of halogens is 1. The van der Waals surface area contributed by atoms with Crippen LogP contribution < -0.4 is 10.1 Å². The molecule has 2 atom stereocenters. The fourth-order valence-corrected chi connectivity index (χ4v) is 3.84. The average molecular weight is 353 g/mol. The second-order valence-corrected chi connectivity index (χ2v) is 6.97. The lowest BCUT2D eigenvalue weighted by Gasteiger charge is -2.17. The molecule has 26 heavy (non-hydrogen) atoms. The van der Waals surface area contributed by atoms with Crippen LogP contribution in [-0.4, -0.2) is 24.8 Å². The van der Waals surface area contributed by atoms with E-state index in [1.54, 1.807) is 12.1 Å². The van der Waals surface area contributed by atoms with Gasteiger partial charge in [-0.15, -0.1) is 0 Å². The van der Waals surface area contributed by atoms with E-state index in [0.29, 0.717) is 13.2 Å². The molecule has 0 aliphatic carbocycles. The highest BCUT2D eigenvalue weighted by Gasteiger charge is 2.37. The lowest BCUT2D eigenvalue weighted by atomic mass is 9.84. The van der Waals surface area contributed by atoms with Crippen LogP contribution >= 0.6 is 0 Å². The predicted molar refractivity (Wildman–Crippen MR) is 94.6 cm³/mol. The standard InChI is InChI=1S/C21H20FNO3/c22-16-4-1-13(2-5-16)9-17(24)11-18-19(12-23-21(18)25)14-3-6-20-15(10-14)7-8-26-20/h1-6,10,18-19H,7-9,11-12H2,(H,23,25)/t18-,19-/m0/s1. The van der Waals surface area contributed by atoms with Gasteiger partial charge in [0.1, 0.15) is 17.3 Å². The van der Waals surface area contributed by atoms with Gasteiger partial charge < -0.3 is 10.1 Å². The molecule has 2 aromatic carbocycles. The number of fused-ring (bicyclic) bond motifs is 1. The van der Waals surface area contributed by atoms with Crippen molar-refractivity contribution in [2.75, 3.05) is 13.2 Å². The summed E-state index contributed by atoms with van der Waals surface area (Å²) in [5, 5.41) is 2.89. The van der Waals surface area contributed by atoms with Crippen LogP contribution in [0.15, 0.2) is 42.5 Å². The van der Waals surface area contributed by atoms with Crippen LogP contribution in [0.5, 0.6) is 5.75 Å². The van der Waals surface area contributed by atoms with Gasteiger partial charge in [-0.1, -0.05) is 24.3 Å². The molecular formula is C21H20FNO3. The monoisotopic (exact) mass is 353 g/mol. The highest BCUT2D eigenvalue weighted by Crippen LogP contribution is 2.35. The number of carbonyl (C=O) groups is 2. The summed E-state index contributed by atoms with van der Waals surface area (Å²) in [5.74, 6) is 0.147. The number of ether oxygens (including phenoxy) is 1. The van der Waals surface area contributed by atoms with Gasteiger partial charge in [0.25, 0.3) is 0 Å². The molecule has 0 radical (unpaired) electrons. The predicted octanol–water partition coefficient (Wildman–Crippen LogP) is 2.79. The minimum absolute atomic E-state index is 0.00634. The molecule has 0 saturated carbocycles. The van der Waals surface area contributed by atoms with Gasteiger partial charge in [0.05, 0.1) is 12.5 Å². The topological polar surface area (TPSA) is 55.4 Å². The third-order valence-corrected chi connectivity index (χ3v) is 5.22. The van der Waals surface area contributed by atoms with Crippen molar-refractivity contribution >= 4 is 11.7 Å². The fraction of sp³-hybridized carbons (Fsp3) is 0.333. The molecule has 1 amide bonds. The molecule has 0 bridgehead atoms. The van der Waals surface area contributed by atoms with E-state index in [4.69, 9.17) is 4.74 Å². The average Bonchev–Trinajstić information content (AvgIpc) is 3.23. The van der Waals surface area contributed by atoms with Crippen molar-refractivity contribution in [3.8, 4) is 5.75 Å². The summed E-state index contributed by atoms with van der Waals surface area (Å²) in [7, 11) is 0. The smallest absolute Gasteiger partial charge is 0.224 e. The van der Waals surface area contributed by atoms with E-state index in [2.05, 4.69) is 11.4 Å². The molecule has 2 heterocycles. The van der Waals surface area contributed by atoms with Gasteiger partial charge in [0, 0.05) is 31.7 Å². The molecule has 4 nitrogen and oxygen atoms in total. The number of hydrogen-bond donors (Lipinski definition) is 1.